The molecule has 3 aromatic rings. The molecule has 6 nitrogen and oxygen atoms in total. The van der Waals surface area contributed by atoms with Gasteiger partial charge in [0.2, 0.25) is 17.6 Å². The Balaban J connectivity index is 1.47. The number of carbonyl (C=O) groups excluding carboxylic acids is 1. The molecule has 0 spiro atoms. The lowest BCUT2D eigenvalue weighted by Crippen LogP contribution is -2.24. The highest BCUT2D eigenvalue weighted by molar-refractivity contribution is 5.96. The fraction of sp³-hybridized carbons (Fsp3) is 0.348. The third-order valence-corrected chi connectivity index (χ3v) is 5.13. The number of aromatic nitrogens is 2. The zero-order chi connectivity index (χ0) is 20.2. The van der Waals surface area contributed by atoms with E-state index in [0.29, 0.717) is 31.3 Å². The maximum atomic E-state index is 12.6. The van der Waals surface area contributed by atoms with Gasteiger partial charge in [-0.15, -0.1) is 0 Å². The van der Waals surface area contributed by atoms with Crippen molar-refractivity contribution in [2.45, 2.75) is 39.0 Å². The predicted octanol–water partition coefficient (Wildman–Crippen LogP) is 4.61. The fourth-order valence-electron chi connectivity index (χ4n) is 3.51. The van der Waals surface area contributed by atoms with E-state index in [-0.39, 0.29) is 11.8 Å². The highest BCUT2D eigenvalue weighted by atomic mass is 16.5. The normalized spacial score (nSPS) is 16.4. The molecule has 2 heterocycles. The largest absolute Gasteiger partial charge is 0.494 e. The van der Waals surface area contributed by atoms with Gasteiger partial charge in [0.1, 0.15) is 5.75 Å². The smallest absolute Gasteiger partial charge is 0.232 e. The molecule has 1 atom stereocenters. The number of hydrogen-bond acceptors (Lipinski definition) is 5. The molecule has 0 saturated carbocycles. The molecule has 0 aliphatic carbocycles. The third-order valence-electron chi connectivity index (χ3n) is 5.13. The van der Waals surface area contributed by atoms with Gasteiger partial charge in [0.15, 0.2) is 0 Å². The second-order valence-electron chi connectivity index (χ2n) is 7.26. The number of carbonyl (C=O) groups is 1. The summed E-state index contributed by atoms with van der Waals surface area (Å²) in [6.07, 6.45) is 2.28. The first-order valence-electron chi connectivity index (χ1n) is 10.1. The predicted molar refractivity (Wildman–Crippen MR) is 111 cm³/mol. The van der Waals surface area contributed by atoms with Crippen molar-refractivity contribution in [2.24, 2.45) is 0 Å². The van der Waals surface area contributed by atoms with E-state index in [0.717, 1.165) is 29.8 Å². The number of nitrogens with zero attached hydrogens (tertiary/aromatic N) is 3. The number of aryl methyl sites for hydroxylation is 1. The minimum atomic E-state index is -0.0961. The number of anilines is 1. The van der Waals surface area contributed by atoms with Gasteiger partial charge in [-0.25, -0.2) is 0 Å². The average molecular weight is 391 g/mol. The molecule has 150 valence electrons. The fourth-order valence-corrected chi connectivity index (χ4v) is 3.51. The van der Waals surface area contributed by atoms with Gasteiger partial charge in [-0.1, -0.05) is 31.1 Å². The molecular weight excluding hydrogens is 366 g/mol. The van der Waals surface area contributed by atoms with Gasteiger partial charge in [0, 0.05) is 24.2 Å². The van der Waals surface area contributed by atoms with Crippen molar-refractivity contribution >= 4 is 11.6 Å². The summed E-state index contributed by atoms with van der Waals surface area (Å²) in [6.45, 7) is 5.43. The van der Waals surface area contributed by atoms with Crippen LogP contribution >= 0.6 is 0 Å². The molecule has 0 radical (unpaired) electrons. The van der Waals surface area contributed by atoms with Crippen LogP contribution in [-0.4, -0.2) is 29.2 Å². The van der Waals surface area contributed by atoms with Crippen molar-refractivity contribution < 1.29 is 14.1 Å². The maximum Gasteiger partial charge on any atom is 0.232 e. The summed E-state index contributed by atoms with van der Waals surface area (Å²) in [5.41, 5.74) is 3.00. The Morgan fingerprint density at radius 3 is 2.76 bits per heavy atom. The zero-order valence-electron chi connectivity index (χ0n) is 16.8. The van der Waals surface area contributed by atoms with E-state index in [1.807, 2.05) is 41.3 Å². The first-order chi connectivity index (χ1) is 14.2. The van der Waals surface area contributed by atoms with E-state index in [1.54, 1.807) is 0 Å². The number of benzene rings is 2. The van der Waals surface area contributed by atoms with Gasteiger partial charge in [-0.05, 0) is 54.8 Å². The lowest BCUT2D eigenvalue weighted by Gasteiger charge is -2.16. The Hall–Kier alpha value is -3.15. The highest BCUT2D eigenvalue weighted by Gasteiger charge is 2.35. The Morgan fingerprint density at radius 1 is 1.17 bits per heavy atom. The van der Waals surface area contributed by atoms with Gasteiger partial charge < -0.3 is 14.2 Å². The number of ether oxygens (including phenoxy) is 1. The van der Waals surface area contributed by atoms with Gasteiger partial charge in [0.25, 0.3) is 0 Å². The molecule has 1 saturated heterocycles. The van der Waals surface area contributed by atoms with Gasteiger partial charge in [-0.2, -0.15) is 4.98 Å². The highest BCUT2D eigenvalue weighted by Crippen LogP contribution is 2.32. The Labute approximate surface area is 170 Å². The second-order valence-corrected chi connectivity index (χ2v) is 7.26. The molecule has 4 rings (SSSR count). The second kappa shape index (κ2) is 8.47. The maximum absolute atomic E-state index is 12.6. The summed E-state index contributed by atoms with van der Waals surface area (Å²) < 4.78 is 11.1. The van der Waals surface area contributed by atoms with Gasteiger partial charge in [-0.3, -0.25) is 4.79 Å². The topological polar surface area (TPSA) is 68.5 Å². The molecule has 0 bridgehead atoms. The van der Waals surface area contributed by atoms with Crippen molar-refractivity contribution in [3.8, 4) is 17.1 Å². The van der Waals surface area contributed by atoms with E-state index >= 15 is 0 Å². The van der Waals surface area contributed by atoms with Crippen LogP contribution in [0, 0.1) is 0 Å². The molecule has 2 aromatic carbocycles. The van der Waals surface area contributed by atoms with Crippen LogP contribution in [0.4, 0.5) is 5.69 Å². The number of hydrogen-bond donors (Lipinski definition) is 0. The van der Waals surface area contributed by atoms with E-state index < -0.39 is 0 Å². The van der Waals surface area contributed by atoms with Crippen LogP contribution in [0.3, 0.4) is 0 Å². The van der Waals surface area contributed by atoms with Crippen LogP contribution in [0.15, 0.2) is 53.1 Å². The Kier molecular flexibility index (Phi) is 5.60. The summed E-state index contributed by atoms with van der Waals surface area (Å²) >= 11 is 0. The average Bonchev–Trinajstić information content (AvgIpc) is 3.39. The van der Waals surface area contributed by atoms with Crippen LogP contribution in [0.5, 0.6) is 5.75 Å². The molecule has 0 N–H and O–H groups in total. The summed E-state index contributed by atoms with van der Waals surface area (Å²) in [5.74, 6) is 1.85. The van der Waals surface area contributed by atoms with Crippen LogP contribution in [0.2, 0.25) is 0 Å². The Bertz CT molecular complexity index is 981. The first kappa shape index (κ1) is 19.2. The van der Waals surface area contributed by atoms with E-state index in [4.69, 9.17) is 9.26 Å². The van der Waals surface area contributed by atoms with Crippen molar-refractivity contribution in [1.29, 1.82) is 0 Å². The lowest BCUT2D eigenvalue weighted by atomic mass is 10.1. The SMILES string of the molecule is CCCOc1ccc(-c2noc(C3CC(=O)N(c4cccc(CC)c4)C3)n2)cc1. The molecular formula is C23H25N3O3. The van der Waals surface area contributed by atoms with Gasteiger partial charge in [0.05, 0.1) is 12.5 Å². The minimum Gasteiger partial charge on any atom is -0.494 e. The van der Waals surface area contributed by atoms with E-state index in [9.17, 15) is 4.79 Å². The van der Waals surface area contributed by atoms with E-state index in [1.165, 1.54) is 5.56 Å². The molecule has 1 aliphatic heterocycles. The molecule has 1 amide bonds. The van der Waals surface area contributed by atoms with Crippen molar-refractivity contribution in [3.63, 3.8) is 0 Å². The third kappa shape index (κ3) is 4.16. The standard InChI is InChI=1S/C23H25N3O3/c1-3-12-28-20-10-8-17(9-11-20)22-24-23(29-25-22)18-14-21(27)26(15-18)19-7-5-6-16(4-2)13-19/h5-11,13,18H,3-4,12,14-15H2,1-2H3. The number of amides is 1. The van der Waals surface area contributed by atoms with Crippen molar-refractivity contribution in [1.82, 2.24) is 10.1 Å². The zero-order valence-corrected chi connectivity index (χ0v) is 16.8. The Morgan fingerprint density at radius 2 is 2.00 bits per heavy atom. The summed E-state index contributed by atoms with van der Waals surface area (Å²) in [4.78, 5) is 18.9. The van der Waals surface area contributed by atoms with Gasteiger partial charge >= 0.3 is 0 Å². The summed E-state index contributed by atoms with van der Waals surface area (Å²) in [6, 6.07) is 15.8. The summed E-state index contributed by atoms with van der Waals surface area (Å²) in [5, 5.41) is 4.12. The molecule has 29 heavy (non-hydrogen) atoms. The summed E-state index contributed by atoms with van der Waals surface area (Å²) in [7, 11) is 0. The molecule has 1 fully saturated rings. The van der Waals surface area contributed by atoms with Crippen molar-refractivity contribution in [2.75, 3.05) is 18.1 Å². The molecule has 1 unspecified atom stereocenters. The van der Waals surface area contributed by atoms with Crippen LogP contribution < -0.4 is 9.64 Å². The van der Waals surface area contributed by atoms with E-state index in [2.05, 4.69) is 36.1 Å². The first-order valence-corrected chi connectivity index (χ1v) is 10.1. The minimum absolute atomic E-state index is 0.0837. The molecule has 6 heteroatoms. The number of rotatable bonds is 7. The van der Waals surface area contributed by atoms with Crippen LogP contribution in [-0.2, 0) is 11.2 Å². The quantitative estimate of drug-likeness (QED) is 0.588. The molecule has 1 aromatic heterocycles. The lowest BCUT2D eigenvalue weighted by molar-refractivity contribution is -0.117. The van der Waals surface area contributed by atoms with Crippen LogP contribution in [0.1, 0.15) is 44.1 Å². The van der Waals surface area contributed by atoms with Crippen molar-refractivity contribution in [3.05, 3.63) is 60.0 Å². The molecule has 1 aliphatic rings. The monoisotopic (exact) mass is 391 g/mol. The van der Waals surface area contributed by atoms with Crippen LogP contribution in [0.25, 0.3) is 11.4 Å².